The van der Waals surface area contributed by atoms with E-state index in [4.69, 9.17) is 4.74 Å². The van der Waals surface area contributed by atoms with Gasteiger partial charge in [0.25, 0.3) is 0 Å². The highest BCUT2D eigenvalue weighted by Gasteiger charge is 2.09. The third-order valence-corrected chi connectivity index (χ3v) is 5.18. The summed E-state index contributed by atoms with van der Waals surface area (Å²) in [5.74, 6) is -0.292. The lowest BCUT2D eigenvalue weighted by Gasteiger charge is -2.11. The number of benzene rings is 2. The Hall–Kier alpha value is -2.13. The lowest BCUT2D eigenvalue weighted by molar-refractivity contribution is -0.139. The second-order valence-corrected chi connectivity index (χ2v) is 8.26. The third-order valence-electron chi connectivity index (χ3n) is 5.18. The summed E-state index contributed by atoms with van der Waals surface area (Å²) in [6, 6.07) is 13.5. The molecule has 0 fully saturated rings. The number of likely N-dealkylation sites (N-methyl/N-ethyl adjacent to an activating group) is 1. The van der Waals surface area contributed by atoms with Crippen LogP contribution in [-0.2, 0) is 22.4 Å². The molecule has 2 aromatic carbocycles. The summed E-state index contributed by atoms with van der Waals surface area (Å²) < 4.78 is 5.33. The van der Waals surface area contributed by atoms with Crippen molar-refractivity contribution in [3.8, 4) is 0 Å². The van der Waals surface area contributed by atoms with E-state index < -0.39 is 0 Å². The molecule has 3 nitrogen and oxygen atoms in total. The van der Waals surface area contributed by atoms with Crippen molar-refractivity contribution in [1.29, 1.82) is 0 Å². The van der Waals surface area contributed by atoms with Crippen molar-refractivity contribution in [1.82, 2.24) is 4.90 Å². The van der Waals surface area contributed by atoms with Crippen LogP contribution in [0.4, 0.5) is 0 Å². The molecule has 0 aromatic heterocycles. The molecular weight excluding hydrogens is 358 g/mol. The molecule has 0 saturated carbocycles. The standard InChI is InChI=1S/C26H37NO2/c1-5-6-7-8-9-11-22-13-15-25-19-23(14-16-24(25)18-22)12-10-17-29-26(28)21(2)20-27(3)4/h13-16,18-19H,2,5-12,17,20H2,1,3-4H3. The van der Waals surface area contributed by atoms with Gasteiger partial charge >= 0.3 is 5.97 Å². The molecule has 158 valence electrons. The normalized spacial score (nSPS) is 11.2. The van der Waals surface area contributed by atoms with Gasteiger partial charge in [0.2, 0.25) is 0 Å². The van der Waals surface area contributed by atoms with Crippen molar-refractivity contribution < 1.29 is 9.53 Å². The van der Waals surface area contributed by atoms with E-state index in [9.17, 15) is 4.79 Å². The number of rotatable bonds is 13. The molecule has 0 radical (unpaired) electrons. The van der Waals surface area contributed by atoms with Crippen molar-refractivity contribution in [3.05, 3.63) is 59.7 Å². The highest BCUT2D eigenvalue weighted by atomic mass is 16.5. The number of hydrogen-bond donors (Lipinski definition) is 0. The number of hydrogen-bond acceptors (Lipinski definition) is 3. The highest BCUT2D eigenvalue weighted by molar-refractivity contribution is 5.88. The lowest BCUT2D eigenvalue weighted by atomic mass is 9.99. The van der Waals surface area contributed by atoms with E-state index in [2.05, 4.69) is 49.9 Å². The lowest BCUT2D eigenvalue weighted by Crippen LogP contribution is -2.21. The molecule has 2 aromatic rings. The molecule has 0 saturated heterocycles. The molecule has 0 spiro atoms. The number of unbranched alkanes of at least 4 members (excludes halogenated alkanes) is 4. The third kappa shape index (κ3) is 8.41. The molecule has 0 aliphatic carbocycles. The number of fused-ring (bicyclic) bond motifs is 1. The number of aryl methyl sites for hydroxylation is 2. The van der Waals surface area contributed by atoms with E-state index in [0.29, 0.717) is 18.7 Å². The molecular formula is C26H37NO2. The summed E-state index contributed by atoms with van der Waals surface area (Å²) in [5.41, 5.74) is 3.22. The van der Waals surface area contributed by atoms with Gasteiger partial charge in [-0.1, -0.05) is 75.6 Å². The first-order valence-corrected chi connectivity index (χ1v) is 11.0. The van der Waals surface area contributed by atoms with Crippen molar-refractivity contribution >= 4 is 16.7 Å². The Morgan fingerprint density at radius 1 is 0.897 bits per heavy atom. The molecule has 0 N–H and O–H groups in total. The Bertz CT molecular complexity index is 794. The molecule has 0 aliphatic rings. The van der Waals surface area contributed by atoms with Gasteiger partial charge in [-0.3, -0.25) is 0 Å². The summed E-state index contributed by atoms with van der Waals surface area (Å²) >= 11 is 0. The van der Waals surface area contributed by atoms with E-state index in [1.165, 1.54) is 60.4 Å². The summed E-state index contributed by atoms with van der Waals surface area (Å²) in [5, 5.41) is 2.60. The van der Waals surface area contributed by atoms with E-state index >= 15 is 0 Å². The Labute approximate surface area is 176 Å². The van der Waals surface area contributed by atoms with Crippen molar-refractivity contribution in [2.24, 2.45) is 0 Å². The maximum atomic E-state index is 11.9. The van der Waals surface area contributed by atoms with Crippen LogP contribution in [0, 0.1) is 0 Å². The van der Waals surface area contributed by atoms with Gasteiger partial charge in [-0.2, -0.15) is 0 Å². The molecule has 0 atom stereocenters. The number of carbonyl (C=O) groups excluding carboxylic acids is 1. The number of ether oxygens (including phenoxy) is 1. The summed E-state index contributed by atoms with van der Waals surface area (Å²) in [6.45, 7) is 7.01. The van der Waals surface area contributed by atoms with Gasteiger partial charge in [-0.25, -0.2) is 4.79 Å². The van der Waals surface area contributed by atoms with Crippen LogP contribution in [0.3, 0.4) is 0 Å². The minimum absolute atomic E-state index is 0.292. The predicted octanol–water partition coefficient (Wildman–Crippen LogP) is 5.95. The highest BCUT2D eigenvalue weighted by Crippen LogP contribution is 2.20. The summed E-state index contributed by atoms with van der Waals surface area (Å²) in [4.78, 5) is 13.8. The minimum Gasteiger partial charge on any atom is -0.462 e. The van der Waals surface area contributed by atoms with Crippen LogP contribution in [-0.4, -0.2) is 38.1 Å². The zero-order chi connectivity index (χ0) is 21.1. The summed E-state index contributed by atoms with van der Waals surface area (Å²) in [6.07, 6.45) is 9.52. The topological polar surface area (TPSA) is 29.5 Å². The number of nitrogens with zero attached hydrogens (tertiary/aromatic N) is 1. The van der Waals surface area contributed by atoms with E-state index in [-0.39, 0.29) is 5.97 Å². The van der Waals surface area contributed by atoms with Gasteiger partial charge in [0, 0.05) is 12.1 Å². The van der Waals surface area contributed by atoms with E-state index in [1.54, 1.807) is 0 Å². The molecule has 2 rings (SSSR count). The molecule has 3 heteroatoms. The first kappa shape index (κ1) is 23.2. The largest absolute Gasteiger partial charge is 0.462 e. The van der Waals surface area contributed by atoms with Crippen LogP contribution in [0.25, 0.3) is 10.8 Å². The van der Waals surface area contributed by atoms with Crippen molar-refractivity contribution in [2.45, 2.75) is 58.3 Å². The zero-order valence-corrected chi connectivity index (χ0v) is 18.5. The average molecular weight is 396 g/mol. The van der Waals surface area contributed by atoms with Gasteiger partial charge in [0.15, 0.2) is 0 Å². The fourth-order valence-electron chi connectivity index (χ4n) is 3.58. The molecule has 0 heterocycles. The quantitative estimate of drug-likeness (QED) is 0.239. The van der Waals surface area contributed by atoms with E-state index in [0.717, 1.165) is 12.8 Å². The van der Waals surface area contributed by atoms with Gasteiger partial charge in [-0.05, 0) is 61.7 Å². The predicted molar refractivity (Wildman–Crippen MR) is 123 cm³/mol. The summed E-state index contributed by atoms with van der Waals surface area (Å²) in [7, 11) is 3.82. The molecule has 0 aliphatic heterocycles. The fourth-order valence-corrected chi connectivity index (χ4v) is 3.58. The Kier molecular flexibility index (Phi) is 9.93. The smallest absolute Gasteiger partial charge is 0.334 e. The molecule has 0 amide bonds. The Morgan fingerprint density at radius 2 is 1.48 bits per heavy atom. The van der Waals surface area contributed by atoms with Gasteiger partial charge in [0.1, 0.15) is 0 Å². The number of esters is 1. The Morgan fingerprint density at radius 3 is 2.07 bits per heavy atom. The van der Waals surface area contributed by atoms with Crippen molar-refractivity contribution in [2.75, 3.05) is 27.2 Å². The van der Waals surface area contributed by atoms with Crippen LogP contribution in [0.15, 0.2) is 48.6 Å². The molecule has 0 unspecified atom stereocenters. The Balaban J connectivity index is 1.78. The fraction of sp³-hybridized carbons (Fsp3) is 0.500. The van der Waals surface area contributed by atoms with Crippen molar-refractivity contribution in [3.63, 3.8) is 0 Å². The molecule has 29 heavy (non-hydrogen) atoms. The van der Waals surface area contributed by atoms with Crippen LogP contribution in [0.5, 0.6) is 0 Å². The second kappa shape index (κ2) is 12.4. The number of carbonyl (C=O) groups is 1. The maximum Gasteiger partial charge on any atom is 0.334 e. The van der Waals surface area contributed by atoms with Gasteiger partial charge in [0.05, 0.1) is 6.61 Å². The molecule has 0 bridgehead atoms. The zero-order valence-electron chi connectivity index (χ0n) is 18.5. The van der Waals surface area contributed by atoms with E-state index in [1.807, 2.05) is 19.0 Å². The first-order valence-electron chi connectivity index (χ1n) is 11.0. The SMILES string of the molecule is C=C(CN(C)C)C(=O)OCCCc1ccc2cc(CCCCCCC)ccc2c1. The van der Waals surface area contributed by atoms with Gasteiger partial charge in [-0.15, -0.1) is 0 Å². The first-order chi connectivity index (χ1) is 14.0. The van der Waals surface area contributed by atoms with Crippen LogP contribution in [0.2, 0.25) is 0 Å². The average Bonchev–Trinajstić information content (AvgIpc) is 2.70. The minimum atomic E-state index is -0.292. The second-order valence-electron chi connectivity index (χ2n) is 8.26. The van der Waals surface area contributed by atoms with Crippen LogP contribution >= 0.6 is 0 Å². The van der Waals surface area contributed by atoms with Crippen LogP contribution < -0.4 is 0 Å². The monoisotopic (exact) mass is 395 g/mol. The van der Waals surface area contributed by atoms with Gasteiger partial charge < -0.3 is 9.64 Å². The van der Waals surface area contributed by atoms with Crippen LogP contribution in [0.1, 0.15) is 56.6 Å². The maximum absolute atomic E-state index is 11.9.